The van der Waals surface area contributed by atoms with Crippen molar-refractivity contribution in [1.29, 1.82) is 0 Å². The number of rotatable bonds is 3. The van der Waals surface area contributed by atoms with Gasteiger partial charge in [-0.25, -0.2) is 0 Å². The highest BCUT2D eigenvalue weighted by atomic mass is 16.5. The fourth-order valence-electron chi connectivity index (χ4n) is 2.43. The Morgan fingerprint density at radius 3 is 2.65 bits per heavy atom. The van der Waals surface area contributed by atoms with Crippen LogP contribution in [0.4, 0.5) is 0 Å². The number of methoxy groups -OCH3 is 1. The Labute approximate surface area is 117 Å². The number of ether oxygens (including phenoxy) is 1. The second-order valence-corrected chi connectivity index (χ2v) is 4.62. The molecule has 3 nitrogen and oxygen atoms in total. The minimum absolute atomic E-state index is 0.288. The maximum absolute atomic E-state index is 10.2. The van der Waals surface area contributed by atoms with Crippen LogP contribution in [0.1, 0.15) is 11.3 Å². The lowest BCUT2D eigenvalue weighted by molar-refractivity contribution is 0.419. The van der Waals surface area contributed by atoms with E-state index in [-0.39, 0.29) is 5.75 Å². The van der Waals surface area contributed by atoms with Crippen LogP contribution in [0.3, 0.4) is 0 Å². The van der Waals surface area contributed by atoms with Crippen molar-refractivity contribution in [3.8, 4) is 11.5 Å². The number of benzene rings is 2. The summed E-state index contributed by atoms with van der Waals surface area (Å²) in [6.07, 6.45) is 2.36. The number of aromatic hydroxyl groups is 1. The Morgan fingerprint density at radius 1 is 1.00 bits per heavy atom. The van der Waals surface area contributed by atoms with E-state index >= 15 is 0 Å². The molecule has 0 atom stereocenters. The van der Waals surface area contributed by atoms with Gasteiger partial charge >= 0.3 is 0 Å². The van der Waals surface area contributed by atoms with Gasteiger partial charge in [-0.2, -0.15) is 0 Å². The van der Waals surface area contributed by atoms with Crippen molar-refractivity contribution in [3.63, 3.8) is 0 Å². The predicted octanol–water partition coefficient (Wildman–Crippen LogP) is 3.54. The molecule has 0 saturated heterocycles. The van der Waals surface area contributed by atoms with E-state index in [4.69, 9.17) is 4.74 Å². The highest BCUT2D eigenvalue weighted by Crippen LogP contribution is 2.33. The summed E-state index contributed by atoms with van der Waals surface area (Å²) in [7, 11) is 1.65. The van der Waals surface area contributed by atoms with E-state index in [1.807, 2.05) is 42.5 Å². The molecule has 0 aliphatic heterocycles. The van der Waals surface area contributed by atoms with E-state index in [1.54, 1.807) is 19.4 Å². The van der Waals surface area contributed by atoms with E-state index in [2.05, 4.69) is 4.98 Å². The van der Waals surface area contributed by atoms with Gasteiger partial charge in [0.2, 0.25) is 0 Å². The first-order valence-corrected chi connectivity index (χ1v) is 6.47. The number of hydrogen-bond donors (Lipinski definition) is 1. The van der Waals surface area contributed by atoms with Crippen molar-refractivity contribution in [1.82, 2.24) is 4.98 Å². The summed E-state index contributed by atoms with van der Waals surface area (Å²) in [6, 6.07) is 15.2. The van der Waals surface area contributed by atoms with Crippen molar-refractivity contribution in [2.24, 2.45) is 0 Å². The molecule has 3 rings (SSSR count). The molecular weight excluding hydrogens is 250 g/mol. The van der Waals surface area contributed by atoms with Crippen molar-refractivity contribution in [2.45, 2.75) is 6.42 Å². The third-order valence-corrected chi connectivity index (χ3v) is 3.41. The first-order chi connectivity index (χ1) is 9.79. The van der Waals surface area contributed by atoms with Crippen LogP contribution in [0.2, 0.25) is 0 Å². The molecule has 0 amide bonds. The predicted molar refractivity (Wildman–Crippen MR) is 79.2 cm³/mol. The fourth-order valence-corrected chi connectivity index (χ4v) is 2.43. The summed E-state index contributed by atoms with van der Waals surface area (Å²) < 4.78 is 5.38. The van der Waals surface area contributed by atoms with Crippen molar-refractivity contribution in [3.05, 3.63) is 66.0 Å². The first-order valence-electron chi connectivity index (χ1n) is 6.47. The first kappa shape index (κ1) is 12.5. The highest BCUT2D eigenvalue weighted by Gasteiger charge is 2.11. The van der Waals surface area contributed by atoms with E-state index in [0.717, 1.165) is 27.8 Å². The lowest BCUT2D eigenvalue weighted by atomic mass is 9.99. The van der Waals surface area contributed by atoms with Crippen molar-refractivity contribution < 1.29 is 9.84 Å². The molecule has 0 saturated carbocycles. The number of phenolic OH excluding ortho intramolecular Hbond substituents is 1. The third-order valence-electron chi connectivity index (χ3n) is 3.41. The van der Waals surface area contributed by atoms with E-state index in [1.165, 1.54) is 0 Å². The van der Waals surface area contributed by atoms with Gasteiger partial charge in [0, 0.05) is 29.3 Å². The second kappa shape index (κ2) is 5.21. The van der Waals surface area contributed by atoms with Gasteiger partial charge < -0.3 is 9.84 Å². The zero-order valence-corrected chi connectivity index (χ0v) is 11.2. The molecule has 1 heterocycles. The van der Waals surface area contributed by atoms with Gasteiger partial charge in [0.15, 0.2) is 0 Å². The normalized spacial score (nSPS) is 10.7. The molecule has 0 aliphatic rings. The highest BCUT2D eigenvalue weighted by molar-refractivity contribution is 5.92. The molecule has 0 aliphatic carbocycles. The number of phenols is 1. The molecule has 100 valence electrons. The molecule has 3 heteroatoms. The molecule has 0 fully saturated rings. The maximum atomic E-state index is 10.2. The Kier molecular flexibility index (Phi) is 3.25. The number of aromatic nitrogens is 1. The Bertz CT molecular complexity index is 739. The molecule has 0 spiro atoms. The van der Waals surface area contributed by atoms with Gasteiger partial charge in [-0.1, -0.05) is 18.2 Å². The van der Waals surface area contributed by atoms with Crippen LogP contribution in [-0.2, 0) is 6.42 Å². The molecule has 0 radical (unpaired) electrons. The van der Waals surface area contributed by atoms with Gasteiger partial charge in [0.05, 0.1) is 7.11 Å². The standard InChI is InChI=1S/C17H15NO2/c1-20-17-7-4-6-13-14(17)8-9-16(19)15(13)11-12-5-2-3-10-18-12/h2-10,19H,11H2,1H3. The number of fused-ring (bicyclic) bond motifs is 1. The molecule has 3 aromatic rings. The number of nitrogens with zero attached hydrogens (tertiary/aromatic N) is 1. The quantitative estimate of drug-likeness (QED) is 0.787. The van der Waals surface area contributed by atoms with Crippen molar-refractivity contribution in [2.75, 3.05) is 7.11 Å². The van der Waals surface area contributed by atoms with Gasteiger partial charge in [0.25, 0.3) is 0 Å². The number of hydrogen-bond acceptors (Lipinski definition) is 3. The maximum Gasteiger partial charge on any atom is 0.126 e. The summed E-state index contributed by atoms with van der Waals surface area (Å²) in [6.45, 7) is 0. The molecule has 2 aromatic carbocycles. The zero-order chi connectivity index (χ0) is 13.9. The van der Waals surface area contributed by atoms with Crippen LogP contribution >= 0.6 is 0 Å². The number of pyridine rings is 1. The lowest BCUT2D eigenvalue weighted by Gasteiger charge is -2.11. The van der Waals surface area contributed by atoms with Crippen LogP contribution in [0.15, 0.2) is 54.7 Å². The Morgan fingerprint density at radius 2 is 1.90 bits per heavy atom. The van der Waals surface area contributed by atoms with Crippen LogP contribution in [0, 0.1) is 0 Å². The van der Waals surface area contributed by atoms with Gasteiger partial charge in [-0.15, -0.1) is 0 Å². The molecule has 0 bridgehead atoms. The summed E-state index contributed by atoms with van der Waals surface area (Å²) in [5.41, 5.74) is 1.80. The van der Waals surface area contributed by atoms with E-state index in [9.17, 15) is 5.11 Å². The van der Waals surface area contributed by atoms with Crippen LogP contribution in [0.25, 0.3) is 10.8 Å². The van der Waals surface area contributed by atoms with Gasteiger partial charge in [-0.05, 0) is 35.7 Å². The Hall–Kier alpha value is -2.55. The average Bonchev–Trinajstić information content (AvgIpc) is 2.50. The molecular formula is C17H15NO2. The zero-order valence-electron chi connectivity index (χ0n) is 11.2. The largest absolute Gasteiger partial charge is 0.508 e. The van der Waals surface area contributed by atoms with Crippen molar-refractivity contribution >= 4 is 10.8 Å². The molecule has 20 heavy (non-hydrogen) atoms. The van der Waals surface area contributed by atoms with E-state index < -0.39 is 0 Å². The van der Waals surface area contributed by atoms with Gasteiger partial charge in [0.1, 0.15) is 11.5 Å². The topological polar surface area (TPSA) is 42.4 Å². The monoisotopic (exact) mass is 265 g/mol. The summed E-state index contributed by atoms with van der Waals surface area (Å²) in [5, 5.41) is 12.2. The molecule has 1 N–H and O–H groups in total. The minimum Gasteiger partial charge on any atom is -0.508 e. The lowest BCUT2D eigenvalue weighted by Crippen LogP contribution is -1.94. The third kappa shape index (κ3) is 2.18. The SMILES string of the molecule is COc1cccc2c(Cc3ccccn3)c(O)ccc12. The van der Waals surface area contributed by atoms with Crippen LogP contribution in [0.5, 0.6) is 11.5 Å². The fraction of sp³-hybridized carbons (Fsp3) is 0.118. The average molecular weight is 265 g/mol. The van der Waals surface area contributed by atoms with E-state index in [0.29, 0.717) is 6.42 Å². The van der Waals surface area contributed by atoms with Gasteiger partial charge in [-0.3, -0.25) is 4.98 Å². The Balaban J connectivity index is 2.16. The summed E-state index contributed by atoms with van der Waals surface area (Å²) in [5.74, 6) is 1.10. The molecule has 0 unspecified atom stereocenters. The second-order valence-electron chi connectivity index (χ2n) is 4.62. The summed E-state index contributed by atoms with van der Waals surface area (Å²) >= 11 is 0. The van der Waals surface area contributed by atoms with Crippen LogP contribution < -0.4 is 4.74 Å². The van der Waals surface area contributed by atoms with Crippen LogP contribution in [-0.4, -0.2) is 17.2 Å². The smallest absolute Gasteiger partial charge is 0.126 e. The molecule has 1 aromatic heterocycles. The minimum atomic E-state index is 0.288. The summed E-state index contributed by atoms with van der Waals surface area (Å²) in [4.78, 5) is 4.32.